The predicted molar refractivity (Wildman–Crippen MR) is 95.4 cm³/mol. The number of carbonyl (C=O) groups is 1. The average molecular weight is 385 g/mol. The maximum Gasteiger partial charge on any atom is 0.264 e. The van der Waals surface area contributed by atoms with Gasteiger partial charge < -0.3 is 4.90 Å². The van der Waals surface area contributed by atoms with E-state index in [1.54, 1.807) is 29.2 Å². The van der Waals surface area contributed by atoms with Crippen LogP contribution in [0, 0.1) is 5.82 Å². The summed E-state index contributed by atoms with van der Waals surface area (Å²) >= 11 is 5.65. The normalized spacial score (nSPS) is 11.2. The number of nitrogens with zero attached hydrogens (tertiary/aromatic N) is 1. The fourth-order valence-corrected chi connectivity index (χ4v) is 3.68. The Balaban J connectivity index is 2.27. The SMILES string of the molecule is CCN(Cc1cccc(NS(=O)(=O)c2cccc(Cl)c2F)c1)C(C)=O. The summed E-state index contributed by atoms with van der Waals surface area (Å²) in [5.41, 5.74) is 1.03. The van der Waals surface area contributed by atoms with Crippen LogP contribution in [0.2, 0.25) is 5.02 Å². The highest BCUT2D eigenvalue weighted by Gasteiger charge is 2.21. The van der Waals surface area contributed by atoms with Crippen LogP contribution < -0.4 is 4.72 Å². The van der Waals surface area contributed by atoms with Gasteiger partial charge in [-0.25, -0.2) is 12.8 Å². The molecule has 2 rings (SSSR count). The number of benzene rings is 2. The molecule has 0 spiro atoms. The molecule has 5 nitrogen and oxygen atoms in total. The molecule has 8 heteroatoms. The van der Waals surface area contributed by atoms with Crippen molar-refractivity contribution in [2.45, 2.75) is 25.3 Å². The summed E-state index contributed by atoms with van der Waals surface area (Å²) in [5, 5.41) is -0.267. The first-order valence-electron chi connectivity index (χ1n) is 7.56. The van der Waals surface area contributed by atoms with E-state index in [2.05, 4.69) is 4.72 Å². The highest BCUT2D eigenvalue weighted by Crippen LogP contribution is 2.24. The first kappa shape index (κ1) is 19.2. The maximum atomic E-state index is 14.0. The van der Waals surface area contributed by atoms with Crippen LogP contribution in [-0.2, 0) is 21.4 Å². The molecular weight excluding hydrogens is 367 g/mol. The van der Waals surface area contributed by atoms with Gasteiger partial charge in [0, 0.05) is 25.7 Å². The Morgan fingerprint density at radius 3 is 2.56 bits per heavy atom. The van der Waals surface area contributed by atoms with Gasteiger partial charge in [0.2, 0.25) is 5.91 Å². The summed E-state index contributed by atoms with van der Waals surface area (Å²) in [6.07, 6.45) is 0. The molecule has 134 valence electrons. The Morgan fingerprint density at radius 1 is 1.24 bits per heavy atom. The van der Waals surface area contributed by atoms with Gasteiger partial charge in [-0.3, -0.25) is 9.52 Å². The molecule has 0 heterocycles. The molecule has 0 atom stereocenters. The second kappa shape index (κ2) is 7.84. The molecule has 1 N–H and O–H groups in total. The van der Waals surface area contributed by atoms with Crippen molar-refractivity contribution in [3.63, 3.8) is 0 Å². The molecule has 0 aromatic heterocycles. The number of hydrogen-bond donors (Lipinski definition) is 1. The molecule has 0 radical (unpaired) electrons. The van der Waals surface area contributed by atoms with Crippen molar-refractivity contribution in [1.82, 2.24) is 4.90 Å². The molecule has 1 amide bonds. The number of amides is 1. The maximum absolute atomic E-state index is 14.0. The zero-order chi connectivity index (χ0) is 18.6. The lowest BCUT2D eigenvalue weighted by Gasteiger charge is -2.19. The van der Waals surface area contributed by atoms with E-state index in [0.717, 1.165) is 11.6 Å². The van der Waals surface area contributed by atoms with Gasteiger partial charge in [0.05, 0.1) is 5.02 Å². The predicted octanol–water partition coefficient (Wildman–Crippen LogP) is 3.65. The Labute approximate surface area is 151 Å². The monoisotopic (exact) mass is 384 g/mol. The van der Waals surface area contributed by atoms with Crippen LogP contribution in [0.5, 0.6) is 0 Å². The standard InChI is InChI=1S/C17H18ClFN2O3S/c1-3-21(12(2)22)11-13-6-4-7-14(10-13)20-25(23,24)16-9-5-8-15(18)17(16)19/h4-10,20H,3,11H2,1-2H3. The van der Waals surface area contributed by atoms with Crippen LogP contribution in [0.4, 0.5) is 10.1 Å². The Bertz CT molecular complexity index is 887. The van der Waals surface area contributed by atoms with Crippen molar-refractivity contribution < 1.29 is 17.6 Å². The molecule has 0 saturated carbocycles. The minimum absolute atomic E-state index is 0.0746. The second-order valence-corrected chi connectivity index (χ2v) is 7.45. The molecule has 25 heavy (non-hydrogen) atoms. The molecule has 2 aromatic rings. The number of carbonyl (C=O) groups excluding carboxylic acids is 1. The van der Waals surface area contributed by atoms with E-state index in [0.29, 0.717) is 13.1 Å². The molecule has 0 bridgehead atoms. The van der Waals surface area contributed by atoms with E-state index < -0.39 is 20.7 Å². The highest BCUT2D eigenvalue weighted by atomic mass is 35.5. The van der Waals surface area contributed by atoms with E-state index in [1.807, 2.05) is 6.92 Å². The van der Waals surface area contributed by atoms with E-state index >= 15 is 0 Å². The van der Waals surface area contributed by atoms with E-state index in [4.69, 9.17) is 11.6 Å². The minimum Gasteiger partial charge on any atom is -0.339 e. The van der Waals surface area contributed by atoms with Gasteiger partial charge in [-0.1, -0.05) is 29.8 Å². The van der Waals surface area contributed by atoms with Crippen molar-refractivity contribution in [1.29, 1.82) is 0 Å². The average Bonchev–Trinajstić information content (AvgIpc) is 2.54. The van der Waals surface area contributed by atoms with Crippen LogP contribution >= 0.6 is 11.6 Å². The third-order valence-electron chi connectivity index (χ3n) is 3.59. The summed E-state index contributed by atoms with van der Waals surface area (Å²) in [5.74, 6) is -1.07. The van der Waals surface area contributed by atoms with Gasteiger partial charge in [-0.2, -0.15) is 0 Å². The van der Waals surface area contributed by atoms with Crippen LogP contribution in [0.3, 0.4) is 0 Å². The lowest BCUT2D eigenvalue weighted by molar-refractivity contribution is -0.129. The Morgan fingerprint density at radius 2 is 1.92 bits per heavy atom. The zero-order valence-electron chi connectivity index (χ0n) is 13.8. The molecule has 0 fully saturated rings. The van der Waals surface area contributed by atoms with Crippen molar-refractivity contribution in [2.24, 2.45) is 0 Å². The number of nitrogens with one attached hydrogen (secondary N) is 1. The van der Waals surface area contributed by atoms with Crippen LogP contribution in [-0.4, -0.2) is 25.8 Å². The second-order valence-electron chi connectivity index (χ2n) is 5.39. The van der Waals surface area contributed by atoms with Crippen molar-refractivity contribution in [3.8, 4) is 0 Å². The van der Waals surface area contributed by atoms with E-state index in [1.165, 1.54) is 19.1 Å². The fourth-order valence-electron chi connectivity index (χ4n) is 2.30. The lowest BCUT2D eigenvalue weighted by Crippen LogP contribution is -2.27. The van der Waals surface area contributed by atoms with Crippen molar-refractivity contribution >= 4 is 33.2 Å². The van der Waals surface area contributed by atoms with Crippen molar-refractivity contribution in [3.05, 3.63) is 58.9 Å². The highest BCUT2D eigenvalue weighted by molar-refractivity contribution is 7.92. The number of hydrogen-bond acceptors (Lipinski definition) is 3. The van der Waals surface area contributed by atoms with Gasteiger partial charge in [0.25, 0.3) is 10.0 Å². The molecule has 0 saturated heterocycles. The van der Waals surface area contributed by atoms with Gasteiger partial charge in [-0.15, -0.1) is 0 Å². The molecule has 0 unspecified atom stereocenters. The molecule has 0 aliphatic carbocycles. The Hall–Kier alpha value is -2.12. The first-order chi connectivity index (χ1) is 11.7. The molecular formula is C17H18ClFN2O3S. The number of rotatable bonds is 6. The van der Waals surface area contributed by atoms with Gasteiger partial charge >= 0.3 is 0 Å². The first-order valence-corrected chi connectivity index (χ1v) is 9.42. The summed E-state index contributed by atoms with van der Waals surface area (Å²) in [6, 6.07) is 10.4. The summed E-state index contributed by atoms with van der Waals surface area (Å²) in [6.45, 7) is 4.22. The molecule has 0 aliphatic rings. The third kappa shape index (κ3) is 4.70. The third-order valence-corrected chi connectivity index (χ3v) is 5.28. The summed E-state index contributed by atoms with van der Waals surface area (Å²) in [7, 11) is -4.12. The quantitative estimate of drug-likeness (QED) is 0.826. The van der Waals surface area contributed by atoms with Crippen LogP contribution in [0.15, 0.2) is 47.4 Å². The largest absolute Gasteiger partial charge is 0.339 e. The van der Waals surface area contributed by atoms with Crippen molar-refractivity contribution in [2.75, 3.05) is 11.3 Å². The smallest absolute Gasteiger partial charge is 0.264 e. The summed E-state index contributed by atoms with van der Waals surface area (Å²) in [4.78, 5) is 12.6. The van der Waals surface area contributed by atoms with E-state index in [-0.39, 0.29) is 16.6 Å². The topological polar surface area (TPSA) is 66.5 Å². The Kier molecular flexibility index (Phi) is 6.02. The lowest BCUT2D eigenvalue weighted by atomic mass is 10.2. The molecule has 2 aromatic carbocycles. The fraction of sp³-hybridized carbons (Fsp3) is 0.235. The minimum atomic E-state index is -4.12. The van der Waals surface area contributed by atoms with Gasteiger partial charge in [0.15, 0.2) is 5.82 Å². The molecule has 0 aliphatic heterocycles. The number of halogens is 2. The number of anilines is 1. The number of sulfonamides is 1. The van der Waals surface area contributed by atoms with E-state index in [9.17, 15) is 17.6 Å². The van der Waals surface area contributed by atoms with Gasteiger partial charge in [-0.05, 0) is 36.8 Å². The zero-order valence-corrected chi connectivity index (χ0v) is 15.4. The van der Waals surface area contributed by atoms with Crippen LogP contribution in [0.1, 0.15) is 19.4 Å². The van der Waals surface area contributed by atoms with Gasteiger partial charge in [0.1, 0.15) is 4.90 Å². The van der Waals surface area contributed by atoms with Crippen LogP contribution in [0.25, 0.3) is 0 Å². The summed E-state index contributed by atoms with van der Waals surface area (Å²) < 4.78 is 41.1.